The van der Waals surface area contributed by atoms with Crippen molar-refractivity contribution in [2.24, 2.45) is 17.1 Å². The van der Waals surface area contributed by atoms with Crippen LogP contribution in [0.1, 0.15) is 30.9 Å². The van der Waals surface area contributed by atoms with Crippen molar-refractivity contribution in [3.63, 3.8) is 0 Å². The predicted octanol–water partition coefficient (Wildman–Crippen LogP) is 2.97. The Labute approximate surface area is 94.7 Å². The molecule has 0 aliphatic heterocycles. The molecule has 0 radical (unpaired) electrons. The van der Waals surface area contributed by atoms with Gasteiger partial charge >= 0.3 is 0 Å². The molecule has 2 rings (SSSR count). The van der Waals surface area contributed by atoms with Crippen LogP contribution in [0.25, 0.3) is 0 Å². The lowest BCUT2D eigenvalue weighted by atomic mass is 10.0. The Morgan fingerprint density at radius 2 is 1.75 bits per heavy atom. The zero-order chi connectivity index (χ0) is 12.1. The SMILES string of the molecule is Cc1cc(F)c([C@H]2[C@H](CN)C2(C)C)c(F)c1. The van der Waals surface area contributed by atoms with E-state index in [1.165, 1.54) is 12.1 Å². The molecule has 2 atom stereocenters. The summed E-state index contributed by atoms with van der Waals surface area (Å²) in [6.45, 7) is 6.18. The van der Waals surface area contributed by atoms with Crippen LogP contribution in [0.3, 0.4) is 0 Å². The molecule has 0 aromatic heterocycles. The van der Waals surface area contributed by atoms with Crippen LogP contribution >= 0.6 is 0 Å². The number of hydrogen-bond donors (Lipinski definition) is 1. The first kappa shape index (κ1) is 11.5. The molecule has 1 aliphatic carbocycles. The van der Waals surface area contributed by atoms with Gasteiger partial charge in [0.2, 0.25) is 0 Å². The Kier molecular flexibility index (Phi) is 2.54. The zero-order valence-electron chi connectivity index (χ0n) is 9.85. The molecule has 0 spiro atoms. The molecule has 88 valence electrons. The second-order valence-electron chi connectivity index (χ2n) is 5.28. The fraction of sp³-hybridized carbons (Fsp3) is 0.538. The van der Waals surface area contributed by atoms with Gasteiger partial charge in [-0.05, 0) is 48.4 Å². The molecule has 0 heterocycles. The van der Waals surface area contributed by atoms with Gasteiger partial charge in [-0.15, -0.1) is 0 Å². The second-order valence-corrected chi connectivity index (χ2v) is 5.28. The Hall–Kier alpha value is -0.960. The molecular formula is C13H17F2N. The van der Waals surface area contributed by atoms with Crippen LogP contribution < -0.4 is 5.73 Å². The molecule has 3 heteroatoms. The maximum Gasteiger partial charge on any atom is 0.129 e. The first-order chi connectivity index (χ1) is 7.39. The van der Waals surface area contributed by atoms with Gasteiger partial charge in [0.05, 0.1) is 0 Å². The smallest absolute Gasteiger partial charge is 0.129 e. The largest absolute Gasteiger partial charge is 0.330 e. The van der Waals surface area contributed by atoms with Gasteiger partial charge in [-0.2, -0.15) is 0 Å². The van der Waals surface area contributed by atoms with Crippen molar-refractivity contribution in [1.29, 1.82) is 0 Å². The lowest BCUT2D eigenvalue weighted by Crippen LogP contribution is -2.05. The monoisotopic (exact) mass is 225 g/mol. The Bertz CT molecular complexity index is 403. The van der Waals surface area contributed by atoms with Gasteiger partial charge < -0.3 is 5.73 Å². The van der Waals surface area contributed by atoms with E-state index in [9.17, 15) is 8.78 Å². The molecule has 1 aromatic carbocycles. The van der Waals surface area contributed by atoms with E-state index in [2.05, 4.69) is 0 Å². The van der Waals surface area contributed by atoms with Crippen LogP contribution in [0.15, 0.2) is 12.1 Å². The van der Waals surface area contributed by atoms with Crippen molar-refractivity contribution >= 4 is 0 Å². The van der Waals surface area contributed by atoms with Crippen molar-refractivity contribution in [3.8, 4) is 0 Å². The molecule has 1 nitrogen and oxygen atoms in total. The van der Waals surface area contributed by atoms with Crippen molar-refractivity contribution in [3.05, 3.63) is 34.9 Å². The van der Waals surface area contributed by atoms with E-state index in [4.69, 9.17) is 5.73 Å². The van der Waals surface area contributed by atoms with E-state index in [1.807, 2.05) is 13.8 Å². The molecule has 16 heavy (non-hydrogen) atoms. The molecule has 0 saturated heterocycles. The van der Waals surface area contributed by atoms with E-state index in [0.717, 1.165) is 0 Å². The van der Waals surface area contributed by atoms with Crippen LogP contribution in [0.2, 0.25) is 0 Å². The quantitative estimate of drug-likeness (QED) is 0.822. The van der Waals surface area contributed by atoms with Crippen LogP contribution in [-0.4, -0.2) is 6.54 Å². The van der Waals surface area contributed by atoms with E-state index < -0.39 is 11.6 Å². The average molecular weight is 225 g/mol. The number of rotatable bonds is 2. The third-order valence-corrected chi connectivity index (χ3v) is 3.84. The van der Waals surface area contributed by atoms with Gasteiger partial charge in [0.1, 0.15) is 11.6 Å². The summed E-state index contributed by atoms with van der Waals surface area (Å²) in [7, 11) is 0. The van der Waals surface area contributed by atoms with Crippen molar-refractivity contribution in [2.45, 2.75) is 26.7 Å². The first-order valence-corrected chi connectivity index (χ1v) is 5.55. The highest BCUT2D eigenvalue weighted by Crippen LogP contribution is 2.64. The van der Waals surface area contributed by atoms with Gasteiger partial charge in [0.25, 0.3) is 0 Å². The summed E-state index contributed by atoms with van der Waals surface area (Å²) < 4.78 is 27.5. The van der Waals surface area contributed by atoms with E-state index in [0.29, 0.717) is 12.1 Å². The third kappa shape index (κ3) is 1.54. The molecule has 2 N–H and O–H groups in total. The number of nitrogens with two attached hydrogens (primary N) is 1. The Morgan fingerprint density at radius 1 is 1.25 bits per heavy atom. The molecule has 0 bridgehead atoms. The minimum atomic E-state index is -0.438. The minimum Gasteiger partial charge on any atom is -0.330 e. The Balaban J connectivity index is 2.44. The third-order valence-electron chi connectivity index (χ3n) is 3.84. The van der Waals surface area contributed by atoms with E-state index >= 15 is 0 Å². The number of halogens is 2. The van der Waals surface area contributed by atoms with Crippen LogP contribution in [0.4, 0.5) is 8.78 Å². The summed E-state index contributed by atoms with van der Waals surface area (Å²) >= 11 is 0. The summed E-state index contributed by atoms with van der Waals surface area (Å²) in [5, 5.41) is 0. The van der Waals surface area contributed by atoms with Crippen molar-refractivity contribution in [2.75, 3.05) is 6.54 Å². The van der Waals surface area contributed by atoms with Gasteiger partial charge in [0, 0.05) is 5.56 Å². The van der Waals surface area contributed by atoms with Gasteiger partial charge in [-0.3, -0.25) is 0 Å². The summed E-state index contributed by atoms with van der Waals surface area (Å²) in [6, 6.07) is 2.78. The molecule has 0 unspecified atom stereocenters. The normalized spacial score (nSPS) is 26.9. The summed E-state index contributed by atoms with van der Waals surface area (Å²) in [4.78, 5) is 0. The second kappa shape index (κ2) is 3.52. The average Bonchev–Trinajstić information content (AvgIpc) is 2.66. The topological polar surface area (TPSA) is 26.0 Å². The number of hydrogen-bond acceptors (Lipinski definition) is 1. The highest BCUT2D eigenvalue weighted by Gasteiger charge is 2.58. The fourth-order valence-electron chi connectivity index (χ4n) is 2.77. The van der Waals surface area contributed by atoms with Gasteiger partial charge in [-0.25, -0.2) is 8.78 Å². The van der Waals surface area contributed by atoms with Gasteiger partial charge in [-0.1, -0.05) is 13.8 Å². The Morgan fingerprint density at radius 3 is 2.12 bits per heavy atom. The van der Waals surface area contributed by atoms with Crippen molar-refractivity contribution < 1.29 is 8.78 Å². The van der Waals surface area contributed by atoms with E-state index in [-0.39, 0.29) is 22.8 Å². The lowest BCUT2D eigenvalue weighted by Gasteiger charge is -2.07. The molecular weight excluding hydrogens is 208 g/mol. The predicted molar refractivity (Wildman–Crippen MR) is 60.2 cm³/mol. The van der Waals surface area contributed by atoms with Crippen LogP contribution in [0.5, 0.6) is 0 Å². The van der Waals surface area contributed by atoms with E-state index in [1.54, 1.807) is 6.92 Å². The first-order valence-electron chi connectivity index (χ1n) is 5.55. The summed E-state index contributed by atoms with van der Waals surface area (Å²) in [5.74, 6) is -0.782. The fourth-order valence-corrected chi connectivity index (χ4v) is 2.77. The number of aryl methyl sites for hydroxylation is 1. The highest BCUT2D eigenvalue weighted by atomic mass is 19.1. The molecule has 1 aliphatic rings. The highest BCUT2D eigenvalue weighted by molar-refractivity contribution is 5.36. The van der Waals surface area contributed by atoms with Crippen molar-refractivity contribution in [1.82, 2.24) is 0 Å². The van der Waals surface area contributed by atoms with Crippen LogP contribution in [-0.2, 0) is 0 Å². The zero-order valence-corrected chi connectivity index (χ0v) is 9.85. The number of benzene rings is 1. The molecule has 1 fully saturated rings. The molecule has 0 amide bonds. The summed E-state index contributed by atoms with van der Waals surface area (Å²) in [6.07, 6.45) is 0. The van der Waals surface area contributed by atoms with Crippen LogP contribution in [0, 0.1) is 29.9 Å². The van der Waals surface area contributed by atoms with Gasteiger partial charge in [0.15, 0.2) is 0 Å². The minimum absolute atomic E-state index is 0.0851. The lowest BCUT2D eigenvalue weighted by molar-refractivity contribution is 0.526. The molecule has 1 saturated carbocycles. The summed E-state index contributed by atoms with van der Waals surface area (Å²) in [5.41, 5.74) is 6.36. The molecule has 1 aromatic rings. The maximum absolute atomic E-state index is 13.8. The maximum atomic E-state index is 13.8. The standard InChI is InChI=1S/C13H17F2N/c1-7-4-9(14)11(10(15)5-7)12-8(6-16)13(12,2)3/h4-5,8,12H,6,16H2,1-3H3/t8-,12+/m0/s1.